The summed E-state index contributed by atoms with van der Waals surface area (Å²) >= 11 is 0. The fourth-order valence-corrected chi connectivity index (χ4v) is 1.86. The molecule has 0 spiro atoms. The van der Waals surface area contributed by atoms with Gasteiger partial charge in [0.25, 0.3) is 12.8 Å². The van der Waals surface area contributed by atoms with Crippen molar-refractivity contribution in [2.24, 2.45) is 0 Å². The molecule has 22 heteroatoms. The molecule has 0 fully saturated rings. The van der Waals surface area contributed by atoms with Crippen molar-refractivity contribution < 1.29 is 97.3 Å². The maximum Gasteiger partial charge on any atom is 0.385 e. The molecule has 0 bridgehead atoms. The van der Waals surface area contributed by atoms with Crippen LogP contribution in [0, 0.1) is 0 Å². The van der Waals surface area contributed by atoms with Crippen LogP contribution in [0.25, 0.3) is 0 Å². The maximum atomic E-state index is 13.4. The summed E-state index contributed by atoms with van der Waals surface area (Å²) in [6.45, 7) is 0. The van der Waals surface area contributed by atoms with Gasteiger partial charge in [-0.3, -0.25) is 0 Å². The first kappa shape index (κ1) is 32.5. The van der Waals surface area contributed by atoms with E-state index in [1.165, 1.54) is 0 Å². The minimum absolute atomic E-state index is 5.09. The lowest BCUT2D eigenvalue weighted by Gasteiger charge is -2.44. The van der Waals surface area contributed by atoms with Crippen LogP contribution in [0.2, 0.25) is 0 Å². The van der Waals surface area contributed by atoms with E-state index in [2.05, 4.69) is 0 Å². The molecule has 206 valence electrons. The number of hydrogen-bond acceptors (Lipinski definition) is 1. The topological polar surface area (TPSA) is 20.2 Å². The van der Waals surface area contributed by atoms with Crippen molar-refractivity contribution in [2.45, 2.75) is 72.5 Å². The van der Waals surface area contributed by atoms with Crippen LogP contribution in [-0.4, -0.2) is 77.6 Å². The Bertz CT molecular complexity index is 711. The Kier molecular flexibility index (Phi) is 8.18. The van der Waals surface area contributed by atoms with Gasteiger partial charge in [0, 0.05) is 0 Å². The van der Waals surface area contributed by atoms with Gasteiger partial charge in [-0.2, -0.15) is 70.2 Å². The SMILES string of the molecule is OC(F)C(F)(F)C(F)(F)C(F)(F)C(F)(F)C(F)(F)C(F)(F)C(F)(F)C(F)(F)C(F)C(F)C(F)F. The second-order valence-corrected chi connectivity index (χ2v) is 6.21. The van der Waals surface area contributed by atoms with Crippen molar-refractivity contribution in [1.29, 1.82) is 0 Å². The van der Waals surface area contributed by atoms with Gasteiger partial charge in [0.05, 0.1) is 0 Å². The van der Waals surface area contributed by atoms with E-state index in [4.69, 9.17) is 5.11 Å². The summed E-state index contributed by atoms with van der Waals surface area (Å²) in [6.07, 6.45) is -21.9. The smallest absolute Gasteiger partial charge is 0.359 e. The molecule has 0 aliphatic carbocycles. The van der Waals surface area contributed by atoms with E-state index in [1.54, 1.807) is 0 Å². The van der Waals surface area contributed by atoms with E-state index in [1.807, 2.05) is 0 Å². The summed E-state index contributed by atoms with van der Waals surface area (Å²) in [5.41, 5.74) is 0. The zero-order chi connectivity index (χ0) is 28.3. The Balaban J connectivity index is 6.89. The number of halogens is 21. The Morgan fingerprint density at radius 3 is 0.853 bits per heavy atom. The van der Waals surface area contributed by atoms with Crippen molar-refractivity contribution in [3.8, 4) is 0 Å². The van der Waals surface area contributed by atoms with Crippen LogP contribution in [0.5, 0.6) is 0 Å². The average molecular weight is 564 g/mol. The first-order chi connectivity index (χ1) is 14.5. The number of aliphatic hydroxyl groups excluding tert-OH is 1. The maximum absolute atomic E-state index is 13.4. The normalized spacial score (nSPS) is 18.8. The summed E-state index contributed by atoms with van der Waals surface area (Å²) in [5, 5.41) is 7.63. The molecule has 34 heavy (non-hydrogen) atoms. The van der Waals surface area contributed by atoms with Gasteiger partial charge in [-0.1, -0.05) is 0 Å². The molecule has 1 nitrogen and oxygen atoms in total. The fraction of sp³-hybridized carbons (Fsp3) is 1.00. The van der Waals surface area contributed by atoms with Crippen LogP contribution in [0.1, 0.15) is 0 Å². The van der Waals surface area contributed by atoms with Gasteiger partial charge in [-0.05, 0) is 0 Å². The number of aliphatic hydroxyl groups is 1. The van der Waals surface area contributed by atoms with E-state index in [0.29, 0.717) is 0 Å². The van der Waals surface area contributed by atoms with Crippen LogP contribution in [0.15, 0.2) is 0 Å². The summed E-state index contributed by atoms with van der Waals surface area (Å²) in [7, 11) is 0. The molecular weight excluding hydrogens is 559 g/mol. The highest BCUT2D eigenvalue weighted by atomic mass is 19.4. The van der Waals surface area contributed by atoms with E-state index in [-0.39, 0.29) is 0 Å². The Labute approximate surface area is 171 Å². The third-order valence-electron chi connectivity index (χ3n) is 3.97. The molecule has 0 aromatic rings. The van der Waals surface area contributed by atoms with Crippen LogP contribution in [0.4, 0.5) is 92.2 Å². The van der Waals surface area contributed by atoms with Gasteiger partial charge in [0.2, 0.25) is 6.17 Å². The minimum atomic E-state index is -9.05. The third kappa shape index (κ3) is 3.99. The van der Waals surface area contributed by atoms with Crippen LogP contribution >= 0.6 is 0 Å². The van der Waals surface area contributed by atoms with Crippen molar-refractivity contribution in [1.82, 2.24) is 0 Å². The van der Waals surface area contributed by atoms with Crippen molar-refractivity contribution in [2.75, 3.05) is 0 Å². The molecule has 0 aromatic carbocycles. The summed E-state index contributed by atoms with van der Waals surface area (Å²) in [5.74, 6) is -68.2. The number of alkyl halides is 21. The molecule has 0 rings (SSSR count). The van der Waals surface area contributed by atoms with Crippen molar-refractivity contribution >= 4 is 0 Å². The van der Waals surface area contributed by atoms with Gasteiger partial charge in [0.1, 0.15) is 0 Å². The molecule has 0 aliphatic heterocycles. The van der Waals surface area contributed by atoms with Gasteiger partial charge < -0.3 is 5.11 Å². The van der Waals surface area contributed by atoms with Crippen LogP contribution < -0.4 is 0 Å². The van der Waals surface area contributed by atoms with Gasteiger partial charge in [-0.25, -0.2) is 22.0 Å². The minimum Gasteiger partial charge on any atom is -0.359 e. The second kappa shape index (κ2) is 8.56. The average Bonchev–Trinajstić information content (AvgIpc) is 2.65. The number of rotatable bonds is 11. The quantitative estimate of drug-likeness (QED) is 0.293. The van der Waals surface area contributed by atoms with E-state index >= 15 is 0 Å². The zero-order valence-electron chi connectivity index (χ0n) is 14.7. The predicted molar refractivity (Wildman–Crippen MR) is 62.5 cm³/mol. The summed E-state index contributed by atoms with van der Waals surface area (Å²) < 4.78 is 272. The Hall–Kier alpha value is -1.51. The lowest BCUT2D eigenvalue weighted by molar-refractivity contribution is -0.461. The Morgan fingerprint density at radius 1 is 0.382 bits per heavy atom. The highest BCUT2D eigenvalue weighted by Crippen LogP contribution is 2.64. The molecular formula is C12H5F21O. The van der Waals surface area contributed by atoms with Crippen molar-refractivity contribution in [3.05, 3.63) is 0 Å². The monoisotopic (exact) mass is 564 g/mol. The lowest BCUT2D eigenvalue weighted by Crippen LogP contribution is -2.76. The van der Waals surface area contributed by atoms with Gasteiger partial charge >= 0.3 is 47.4 Å². The third-order valence-corrected chi connectivity index (χ3v) is 3.97. The molecule has 0 amide bonds. The van der Waals surface area contributed by atoms with E-state index < -0.39 is 72.5 Å². The summed E-state index contributed by atoms with van der Waals surface area (Å²) in [6, 6.07) is 0. The molecule has 0 heterocycles. The van der Waals surface area contributed by atoms with E-state index in [0.717, 1.165) is 0 Å². The molecule has 3 atom stereocenters. The van der Waals surface area contributed by atoms with Crippen molar-refractivity contribution in [3.63, 3.8) is 0 Å². The first-order valence-electron chi connectivity index (χ1n) is 7.37. The van der Waals surface area contributed by atoms with Gasteiger partial charge in [-0.15, -0.1) is 0 Å². The molecule has 0 aromatic heterocycles. The van der Waals surface area contributed by atoms with Crippen LogP contribution in [-0.2, 0) is 0 Å². The number of hydrogen-bond donors (Lipinski definition) is 1. The standard InChI is InChI=1S/C12H5F21O/c13-1(3(15)16)2(14)5(18,19)7(22,23)9(26,27)11(30,31)12(32,33)10(28,29)8(24,25)6(20,21)4(17)34/h1-4,34H. The van der Waals surface area contributed by atoms with E-state index in [9.17, 15) is 92.2 Å². The highest BCUT2D eigenvalue weighted by Gasteiger charge is 2.95. The Morgan fingerprint density at radius 2 is 0.618 bits per heavy atom. The molecule has 0 saturated carbocycles. The molecule has 1 N–H and O–H groups in total. The summed E-state index contributed by atoms with van der Waals surface area (Å²) in [4.78, 5) is 0. The predicted octanol–water partition coefficient (Wildman–Crippen LogP) is 6.30. The molecule has 3 unspecified atom stereocenters. The fourth-order valence-electron chi connectivity index (χ4n) is 1.86. The highest BCUT2D eigenvalue weighted by molar-refractivity contribution is 5.17. The second-order valence-electron chi connectivity index (χ2n) is 6.21. The molecule has 0 aliphatic rings. The van der Waals surface area contributed by atoms with Crippen LogP contribution in [0.3, 0.4) is 0 Å². The lowest BCUT2D eigenvalue weighted by atomic mass is 9.86. The largest absolute Gasteiger partial charge is 0.385 e. The van der Waals surface area contributed by atoms with Gasteiger partial charge in [0.15, 0.2) is 6.17 Å². The molecule has 0 radical (unpaired) electrons. The first-order valence-corrected chi connectivity index (χ1v) is 7.37. The molecule has 0 saturated heterocycles. The zero-order valence-corrected chi connectivity index (χ0v) is 14.7.